The van der Waals surface area contributed by atoms with E-state index in [1.807, 2.05) is 0 Å². The zero-order chi connectivity index (χ0) is 13.0. The molecule has 1 saturated heterocycles. The predicted molar refractivity (Wildman–Crippen MR) is 64.9 cm³/mol. The van der Waals surface area contributed by atoms with Crippen molar-refractivity contribution < 1.29 is 19.4 Å². The highest BCUT2D eigenvalue weighted by molar-refractivity contribution is 7.15. The smallest absolute Gasteiger partial charge is 0.365 e. The average molecular weight is 270 g/mol. The molecule has 0 aliphatic carbocycles. The van der Waals surface area contributed by atoms with Gasteiger partial charge in [0.05, 0.1) is 6.20 Å². The summed E-state index contributed by atoms with van der Waals surface area (Å²) in [6.07, 6.45) is 3.22. The Kier molecular flexibility index (Phi) is 4.27. The molecule has 0 aromatic carbocycles. The van der Waals surface area contributed by atoms with Gasteiger partial charge in [0.2, 0.25) is 5.01 Å². The van der Waals surface area contributed by atoms with Crippen LogP contribution >= 0.6 is 11.3 Å². The fourth-order valence-corrected chi connectivity index (χ4v) is 2.44. The first kappa shape index (κ1) is 13.0. The molecule has 1 fully saturated rings. The molecule has 0 bridgehead atoms. The van der Waals surface area contributed by atoms with Crippen molar-refractivity contribution >= 4 is 23.2 Å². The number of thiazole rings is 1. The maximum Gasteiger partial charge on any atom is 0.365 e. The summed E-state index contributed by atoms with van der Waals surface area (Å²) in [5, 5.41) is 11.4. The Morgan fingerprint density at radius 3 is 3.06 bits per heavy atom. The second-order valence-corrected chi connectivity index (χ2v) is 5.14. The Bertz CT molecular complexity index is 440. The van der Waals surface area contributed by atoms with Crippen LogP contribution in [0.2, 0.25) is 0 Å². The molecular weight excluding hydrogens is 256 g/mol. The lowest BCUT2D eigenvalue weighted by Gasteiger charge is -2.07. The van der Waals surface area contributed by atoms with Crippen LogP contribution in [0.15, 0.2) is 6.20 Å². The second kappa shape index (κ2) is 5.92. The molecule has 1 amide bonds. The molecule has 1 aromatic rings. The molecular formula is C11H14N2O4S. The van der Waals surface area contributed by atoms with E-state index in [1.165, 1.54) is 6.20 Å². The van der Waals surface area contributed by atoms with Gasteiger partial charge in [0.15, 0.2) is 0 Å². The molecule has 1 aliphatic heterocycles. The van der Waals surface area contributed by atoms with Crippen LogP contribution < -0.4 is 5.32 Å². The SMILES string of the molecule is O=C(NCCC1CCOC1)c1cnc(C(=O)O)s1. The van der Waals surface area contributed by atoms with Crippen LogP contribution in [0.5, 0.6) is 0 Å². The van der Waals surface area contributed by atoms with Gasteiger partial charge in [0.25, 0.3) is 5.91 Å². The van der Waals surface area contributed by atoms with Crippen molar-refractivity contribution in [2.45, 2.75) is 12.8 Å². The van der Waals surface area contributed by atoms with Crippen molar-refractivity contribution in [2.75, 3.05) is 19.8 Å². The number of nitrogens with one attached hydrogen (secondary N) is 1. The summed E-state index contributed by atoms with van der Waals surface area (Å²) in [5.41, 5.74) is 0. The molecule has 0 spiro atoms. The van der Waals surface area contributed by atoms with E-state index < -0.39 is 5.97 Å². The predicted octanol–water partition coefficient (Wildman–Crippen LogP) is 0.998. The van der Waals surface area contributed by atoms with Gasteiger partial charge in [0.1, 0.15) is 4.88 Å². The van der Waals surface area contributed by atoms with Gasteiger partial charge in [-0.05, 0) is 18.8 Å². The van der Waals surface area contributed by atoms with Gasteiger partial charge >= 0.3 is 5.97 Å². The van der Waals surface area contributed by atoms with Crippen molar-refractivity contribution in [1.82, 2.24) is 10.3 Å². The van der Waals surface area contributed by atoms with Gasteiger partial charge in [-0.1, -0.05) is 0 Å². The van der Waals surface area contributed by atoms with Gasteiger partial charge in [-0.2, -0.15) is 0 Å². The molecule has 2 rings (SSSR count). The van der Waals surface area contributed by atoms with Crippen molar-refractivity contribution in [3.8, 4) is 0 Å². The summed E-state index contributed by atoms with van der Waals surface area (Å²) in [4.78, 5) is 26.3. The van der Waals surface area contributed by atoms with E-state index in [9.17, 15) is 9.59 Å². The molecule has 98 valence electrons. The van der Waals surface area contributed by atoms with Crippen LogP contribution in [0.1, 0.15) is 32.3 Å². The topological polar surface area (TPSA) is 88.5 Å². The first-order valence-corrected chi connectivity index (χ1v) is 6.53. The average Bonchev–Trinajstić information content (AvgIpc) is 2.99. The van der Waals surface area contributed by atoms with E-state index in [0.717, 1.165) is 37.4 Å². The van der Waals surface area contributed by atoms with Crippen LogP contribution in [0.25, 0.3) is 0 Å². The highest BCUT2D eigenvalue weighted by Crippen LogP contribution is 2.16. The first-order valence-electron chi connectivity index (χ1n) is 5.72. The number of carbonyl (C=O) groups excluding carboxylic acids is 1. The quantitative estimate of drug-likeness (QED) is 0.833. The van der Waals surface area contributed by atoms with Gasteiger partial charge in [0, 0.05) is 19.8 Å². The third-order valence-electron chi connectivity index (χ3n) is 2.77. The van der Waals surface area contributed by atoms with Crippen molar-refractivity contribution in [3.63, 3.8) is 0 Å². The number of amides is 1. The van der Waals surface area contributed by atoms with E-state index in [4.69, 9.17) is 9.84 Å². The maximum atomic E-state index is 11.7. The second-order valence-electron chi connectivity index (χ2n) is 4.11. The normalized spacial score (nSPS) is 18.8. The van der Waals surface area contributed by atoms with E-state index in [1.54, 1.807) is 0 Å². The van der Waals surface area contributed by atoms with E-state index >= 15 is 0 Å². The highest BCUT2D eigenvalue weighted by atomic mass is 32.1. The van der Waals surface area contributed by atoms with Crippen LogP contribution in [0, 0.1) is 5.92 Å². The third kappa shape index (κ3) is 3.27. The standard InChI is InChI=1S/C11H14N2O4S/c14-9(8-5-13-10(18-8)11(15)16)12-3-1-7-2-4-17-6-7/h5,7H,1-4,6H2,(H,12,14)(H,15,16). The number of carbonyl (C=O) groups is 2. The summed E-state index contributed by atoms with van der Waals surface area (Å²) in [6, 6.07) is 0. The number of aromatic carboxylic acids is 1. The number of rotatable bonds is 5. The summed E-state index contributed by atoms with van der Waals surface area (Å²) in [5.74, 6) is -0.859. The van der Waals surface area contributed by atoms with E-state index in [2.05, 4.69) is 10.3 Å². The van der Waals surface area contributed by atoms with Gasteiger partial charge < -0.3 is 15.2 Å². The molecule has 1 unspecified atom stereocenters. The van der Waals surface area contributed by atoms with Crippen LogP contribution in [-0.4, -0.2) is 41.7 Å². The Labute approximate surface area is 108 Å². The molecule has 0 radical (unpaired) electrons. The maximum absolute atomic E-state index is 11.7. The molecule has 2 heterocycles. The lowest BCUT2D eigenvalue weighted by molar-refractivity contribution is 0.0696. The molecule has 1 atom stereocenters. The summed E-state index contributed by atoms with van der Waals surface area (Å²) < 4.78 is 5.24. The molecule has 1 aromatic heterocycles. The number of carboxylic acid groups (broad SMARTS) is 1. The monoisotopic (exact) mass is 270 g/mol. The molecule has 18 heavy (non-hydrogen) atoms. The number of hydrogen-bond acceptors (Lipinski definition) is 5. The Morgan fingerprint density at radius 2 is 2.44 bits per heavy atom. The zero-order valence-corrected chi connectivity index (χ0v) is 10.5. The minimum Gasteiger partial charge on any atom is -0.476 e. The Balaban J connectivity index is 1.77. The summed E-state index contributed by atoms with van der Waals surface area (Å²) in [7, 11) is 0. The van der Waals surface area contributed by atoms with Crippen molar-refractivity contribution in [1.29, 1.82) is 0 Å². The third-order valence-corrected chi connectivity index (χ3v) is 3.76. The lowest BCUT2D eigenvalue weighted by atomic mass is 10.1. The molecule has 2 N–H and O–H groups in total. The van der Waals surface area contributed by atoms with Crippen LogP contribution in [0.4, 0.5) is 0 Å². The zero-order valence-electron chi connectivity index (χ0n) is 9.72. The fraction of sp³-hybridized carbons (Fsp3) is 0.545. The molecule has 7 heteroatoms. The first-order chi connectivity index (χ1) is 8.66. The number of carboxylic acids is 1. The minimum absolute atomic E-state index is 0.0654. The molecule has 1 aliphatic rings. The summed E-state index contributed by atoms with van der Waals surface area (Å²) >= 11 is 0.884. The largest absolute Gasteiger partial charge is 0.476 e. The van der Waals surface area contributed by atoms with E-state index in [0.29, 0.717) is 17.3 Å². The number of nitrogens with zero attached hydrogens (tertiary/aromatic N) is 1. The number of ether oxygens (including phenoxy) is 1. The molecule has 0 saturated carbocycles. The van der Waals surface area contributed by atoms with Gasteiger partial charge in [-0.25, -0.2) is 9.78 Å². The number of hydrogen-bond donors (Lipinski definition) is 2. The lowest BCUT2D eigenvalue weighted by Crippen LogP contribution is -2.25. The highest BCUT2D eigenvalue weighted by Gasteiger charge is 2.17. The van der Waals surface area contributed by atoms with Gasteiger partial charge in [-0.3, -0.25) is 4.79 Å². The summed E-state index contributed by atoms with van der Waals surface area (Å²) in [6.45, 7) is 2.14. The van der Waals surface area contributed by atoms with Crippen LogP contribution in [0.3, 0.4) is 0 Å². The minimum atomic E-state index is -1.11. The Morgan fingerprint density at radius 1 is 1.61 bits per heavy atom. The van der Waals surface area contributed by atoms with Crippen molar-refractivity contribution in [2.24, 2.45) is 5.92 Å². The fourth-order valence-electron chi connectivity index (χ4n) is 1.77. The van der Waals surface area contributed by atoms with Crippen molar-refractivity contribution in [3.05, 3.63) is 16.1 Å². The Hall–Kier alpha value is -1.47. The number of aromatic nitrogens is 1. The molecule has 6 nitrogen and oxygen atoms in total. The van der Waals surface area contributed by atoms with Crippen LogP contribution in [-0.2, 0) is 4.74 Å². The van der Waals surface area contributed by atoms with E-state index in [-0.39, 0.29) is 10.9 Å². The van der Waals surface area contributed by atoms with Gasteiger partial charge in [-0.15, -0.1) is 11.3 Å².